The molecule has 3 heterocycles. The van der Waals surface area contributed by atoms with Crippen molar-refractivity contribution in [1.82, 2.24) is 14.9 Å². The van der Waals surface area contributed by atoms with Gasteiger partial charge in [-0.1, -0.05) is 37.6 Å². The average Bonchev–Trinajstić information content (AvgIpc) is 3.41. The highest BCUT2D eigenvalue weighted by atomic mass is 35.5. The van der Waals surface area contributed by atoms with Crippen LogP contribution in [0.1, 0.15) is 59.7 Å². The predicted octanol–water partition coefficient (Wildman–Crippen LogP) is 7.53. The van der Waals surface area contributed by atoms with E-state index in [-0.39, 0.29) is 23.9 Å². The van der Waals surface area contributed by atoms with E-state index >= 15 is 0 Å². The van der Waals surface area contributed by atoms with Crippen LogP contribution in [0.4, 0.5) is 11.4 Å². The van der Waals surface area contributed by atoms with E-state index in [0.717, 1.165) is 50.8 Å². The molecule has 206 valence electrons. The smallest absolute Gasteiger partial charge is 0.226 e. The van der Waals surface area contributed by atoms with Crippen molar-refractivity contribution in [3.05, 3.63) is 106 Å². The number of aryl methyl sites for hydroxylation is 3. The summed E-state index contributed by atoms with van der Waals surface area (Å²) in [6, 6.07) is 19.9. The summed E-state index contributed by atoms with van der Waals surface area (Å²) in [4.78, 5) is 19.2. The summed E-state index contributed by atoms with van der Waals surface area (Å²) in [5.41, 5.74) is 9.21. The first kappa shape index (κ1) is 27.9. The summed E-state index contributed by atoms with van der Waals surface area (Å²) in [6.45, 7) is 12.1. The van der Waals surface area contributed by atoms with E-state index in [9.17, 15) is 4.79 Å². The van der Waals surface area contributed by atoms with Crippen molar-refractivity contribution in [2.24, 2.45) is 5.92 Å². The molecule has 6 nitrogen and oxygen atoms in total. The van der Waals surface area contributed by atoms with E-state index < -0.39 is 0 Å². The number of rotatable bonds is 6. The molecule has 0 spiro atoms. The molecule has 1 fully saturated rings. The quantitative estimate of drug-likeness (QED) is 0.234. The molecular formula is C32H34ClN5OS. The lowest BCUT2D eigenvalue weighted by Gasteiger charge is -2.29. The fourth-order valence-electron chi connectivity index (χ4n) is 5.45. The minimum absolute atomic E-state index is 0.00829. The number of thiocarbonyl (C=S) groups is 1. The Labute approximate surface area is 246 Å². The third kappa shape index (κ3) is 5.11. The van der Waals surface area contributed by atoms with Crippen LogP contribution in [0, 0.1) is 33.6 Å². The predicted molar refractivity (Wildman–Crippen MR) is 168 cm³/mol. The molecule has 0 radical (unpaired) electrons. The number of carbonyl (C=O) groups excluding carboxylic acids is 1. The topological polar surface area (TPSA) is 62.2 Å². The second-order valence-corrected chi connectivity index (χ2v) is 11.6. The second kappa shape index (κ2) is 11.1. The first-order chi connectivity index (χ1) is 19.1. The van der Waals surface area contributed by atoms with Crippen molar-refractivity contribution in [3.8, 4) is 5.69 Å². The standard InChI is InChI=1S/C32H34ClN5OS/c1-18(2)31(39)35-26-13-12-24(15-20(26)4)38-30(29(36-32(38)40)27-9-7-8-14-34-27)25-16-21(5)37(22(25)6)28-17-23(33)11-10-19(28)3/h7-18,29-30H,1-6H3,(H,35,39)(H,36,40)/t29-,30-/m0/s1. The van der Waals surface area contributed by atoms with Gasteiger partial charge >= 0.3 is 0 Å². The van der Waals surface area contributed by atoms with Crippen LogP contribution in [0.25, 0.3) is 5.69 Å². The minimum atomic E-state index is -0.163. The second-order valence-electron chi connectivity index (χ2n) is 10.7. The molecule has 0 aliphatic carbocycles. The Hall–Kier alpha value is -3.68. The van der Waals surface area contributed by atoms with Gasteiger partial charge in [0.25, 0.3) is 0 Å². The zero-order valence-electron chi connectivity index (χ0n) is 23.6. The van der Waals surface area contributed by atoms with E-state index in [1.54, 1.807) is 0 Å². The van der Waals surface area contributed by atoms with E-state index in [1.807, 2.05) is 75.5 Å². The van der Waals surface area contributed by atoms with Crippen LogP contribution in [0.5, 0.6) is 0 Å². The van der Waals surface area contributed by atoms with Gasteiger partial charge in [-0.25, -0.2) is 0 Å². The number of halogens is 1. The molecule has 0 unspecified atom stereocenters. The summed E-state index contributed by atoms with van der Waals surface area (Å²) < 4.78 is 2.27. The van der Waals surface area contributed by atoms with E-state index in [0.29, 0.717) is 10.1 Å². The summed E-state index contributed by atoms with van der Waals surface area (Å²) >= 11 is 12.4. The average molecular weight is 572 g/mol. The molecular weight excluding hydrogens is 538 g/mol. The molecule has 2 N–H and O–H groups in total. The molecule has 0 saturated carbocycles. The van der Waals surface area contributed by atoms with Crippen LogP contribution < -0.4 is 15.5 Å². The molecule has 5 rings (SSSR count). The van der Waals surface area contributed by atoms with Crippen molar-refractivity contribution in [3.63, 3.8) is 0 Å². The normalized spacial score (nSPS) is 16.9. The molecule has 2 atom stereocenters. The van der Waals surface area contributed by atoms with Crippen molar-refractivity contribution in [1.29, 1.82) is 0 Å². The van der Waals surface area contributed by atoms with E-state index in [1.165, 1.54) is 0 Å². The Morgan fingerprint density at radius 1 is 1.02 bits per heavy atom. The summed E-state index contributed by atoms with van der Waals surface area (Å²) in [6.07, 6.45) is 1.81. The molecule has 2 aromatic carbocycles. The number of amides is 1. The molecule has 2 aromatic heterocycles. The fraction of sp³-hybridized carbons (Fsp3) is 0.281. The number of carbonyl (C=O) groups is 1. The molecule has 0 bridgehead atoms. The number of pyridine rings is 1. The number of hydrogen-bond acceptors (Lipinski definition) is 3. The van der Waals surface area contributed by atoms with Crippen LogP contribution in [-0.4, -0.2) is 20.6 Å². The Kier molecular flexibility index (Phi) is 7.71. The molecule has 1 aliphatic heterocycles. The summed E-state index contributed by atoms with van der Waals surface area (Å²) in [5.74, 6) is -0.109. The number of aromatic nitrogens is 2. The van der Waals surface area contributed by atoms with Crippen molar-refractivity contribution in [2.75, 3.05) is 10.2 Å². The maximum atomic E-state index is 12.4. The van der Waals surface area contributed by atoms with Crippen LogP contribution in [0.2, 0.25) is 5.02 Å². The third-order valence-electron chi connectivity index (χ3n) is 7.57. The van der Waals surface area contributed by atoms with Gasteiger partial charge in [0.15, 0.2) is 5.11 Å². The van der Waals surface area contributed by atoms with E-state index in [4.69, 9.17) is 28.8 Å². The first-order valence-electron chi connectivity index (χ1n) is 13.4. The Bertz CT molecular complexity index is 1600. The number of nitrogens with one attached hydrogen (secondary N) is 2. The summed E-state index contributed by atoms with van der Waals surface area (Å²) in [5, 5.41) is 7.92. The maximum Gasteiger partial charge on any atom is 0.226 e. The van der Waals surface area contributed by atoms with Gasteiger partial charge in [-0.05, 0) is 105 Å². The number of hydrogen-bond donors (Lipinski definition) is 2. The fourth-order valence-corrected chi connectivity index (χ4v) is 5.96. The van der Waals surface area contributed by atoms with Crippen molar-refractivity contribution >= 4 is 46.2 Å². The number of nitrogens with zero attached hydrogens (tertiary/aromatic N) is 3. The maximum absolute atomic E-state index is 12.4. The van der Waals surface area contributed by atoms with Crippen molar-refractivity contribution < 1.29 is 4.79 Å². The highest BCUT2D eigenvalue weighted by Crippen LogP contribution is 2.44. The zero-order valence-corrected chi connectivity index (χ0v) is 25.2. The van der Waals surface area contributed by atoms with Gasteiger partial charge in [0.1, 0.15) is 0 Å². The van der Waals surface area contributed by atoms with Crippen LogP contribution in [0.15, 0.2) is 66.9 Å². The first-order valence-corrected chi connectivity index (χ1v) is 14.2. The number of benzene rings is 2. The Morgan fingerprint density at radius 3 is 2.48 bits per heavy atom. The van der Waals surface area contributed by atoms with E-state index in [2.05, 4.69) is 53.0 Å². The molecule has 1 aliphatic rings. The van der Waals surface area contributed by atoms with Gasteiger partial charge in [0.05, 0.1) is 17.8 Å². The summed E-state index contributed by atoms with van der Waals surface area (Å²) in [7, 11) is 0. The van der Waals surface area contributed by atoms with Gasteiger partial charge in [0.2, 0.25) is 5.91 Å². The Balaban J connectivity index is 1.64. The van der Waals surface area contributed by atoms with Crippen molar-refractivity contribution in [2.45, 2.75) is 53.6 Å². The highest BCUT2D eigenvalue weighted by Gasteiger charge is 2.42. The molecule has 40 heavy (non-hydrogen) atoms. The van der Waals surface area contributed by atoms with Gasteiger partial charge < -0.3 is 20.1 Å². The highest BCUT2D eigenvalue weighted by molar-refractivity contribution is 7.80. The lowest BCUT2D eigenvalue weighted by atomic mass is 9.96. The molecule has 1 saturated heterocycles. The van der Waals surface area contributed by atoms with Gasteiger partial charge in [-0.3, -0.25) is 9.78 Å². The SMILES string of the molecule is Cc1cc(N2C(=S)N[C@@H](c3ccccn3)[C@@H]2c2cc(C)n(-c3cc(Cl)ccc3C)c2C)ccc1NC(=O)C(C)C. The monoisotopic (exact) mass is 571 g/mol. The third-order valence-corrected chi connectivity index (χ3v) is 8.12. The van der Waals surface area contributed by atoms with Crippen LogP contribution in [0.3, 0.4) is 0 Å². The van der Waals surface area contributed by atoms with Gasteiger partial charge in [0, 0.05) is 45.6 Å². The van der Waals surface area contributed by atoms with Crippen LogP contribution in [-0.2, 0) is 4.79 Å². The molecule has 4 aromatic rings. The lowest BCUT2D eigenvalue weighted by Crippen LogP contribution is -2.29. The van der Waals surface area contributed by atoms with Gasteiger partial charge in [-0.15, -0.1) is 0 Å². The van der Waals surface area contributed by atoms with Crippen LogP contribution >= 0.6 is 23.8 Å². The molecule has 8 heteroatoms. The van der Waals surface area contributed by atoms with Gasteiger partial charge in [-0.2, -0.15) is 0 Å². The zero-order chi connectivity index (χ0) is 28.7. The largest absolute Gasteiger partial charge is 0.351 e. The molecule has 1 amide bonds. The Morgan fingerprint density at radius 2 is 1.80 bits per heavy atom. The number of anilines is 2. The minimum Gasteiger partial charge on any atom is -0.351 e. The lowest BCUT2D eigenvalue weighted by molar-refractivity contribution is -0.118.